The van der Waals surface area contributed by atoms with Gasteiger partial charge in [-0.25, -0.2) is 9.66 Å². The van der Waals surface area contributed by atoms with Gasteiger partial charge in [-0.2, -0.15) is 5.10 Å². The largest absolute Gasteiger partial charge is 0.507 e. The van der Waals surface area contributed by atoms with Crippen molar-refractivity contribution >= 4 is 6.21 Å². The summed E-state index contributed by atoms with van der Waals surface area (Å²) < 4.78 is 1.74. The van der Waals surface area contributed by atoms with Crippen LogP contribution in [0.25, 0.3) is 0 Å². The third-order valence-corrected chi connectivity index (χ3v) is 3.88. The lowest BCUT2D eigenvalue weighted by Gasteiger charge is -2.27. The second-order valence-electron chi connectivity index (χ2n) is 8.03. The van der Waals surface area contributed by atoms with Crippen LogP contribution in [-0.2, 0) is 10.8 Å². The summed E-state index contributed by atoms with van der Waals surface area (Å²) in [5, 5.41) is 15.2. The van der Waals surface area contributed by atoms with Gasteiger partial charge in [0.2, 0.25) is 0 Å². The minimum Gasteiger partial charge on any atom is -0.507 e. The number of imidazole rings is 1. The van der Waals surface area contributed by atoms with E-state index in [2.05, 4.69) is 51.6 Å². The van der Waals surface area contributed by atoms with Gasteiger partial charge in [-0.05, 0) is 35.4 Å². The first-order chi connectivity index (χ1) is 10.5. The standard InChI is InChI=1S/C19H27N3O/c1-13-20-8-9-22(13)21-12-14-10-15(18(2,3)4)17(23)16(11-14)19(5,6)7/h8-12,23H,1-7H3. The first-order valence-electron chi connectivity index (χ1n) is 7.92. The second kappa shape index (κ2) is 5.84. The Kier molecular flexibility index (Phi) is 4.38. The molecule has 1 heterocycles. The van der Waals surface area contributed by atoms with Gasteiger partial charge >= 0.3 is 0 Å². The molecule has 0 spiro atoms. The van der Waals surface area contributed by atoms with E-state index in [0.717, 1.165) is 22.5 Å². The average Bonchev–Trinajstić information content (AvgIpc) is 2.80. The first-order valence-corrected chi connectivity index (χ1v) is 7.92. The minimum atomic E-state index is -0.140. The van der Waals surface area contributed by atoms with Crippen molar-refractivity contribution in [3.63, 3.8) is 0 Å². The van der Waals surface area contributed by atoms with E-state index in [1.165, 1.54) is 0 Å². The highest BCUT2D eigenvalue weighted by atomic mass is 16.3. The summed E-state index contributed by atoms with van der Waals surface area (Å²) in [5.41, 5.74) is 2.57. The zero-order chi connectivity index (χ0) is 17.4. The number of nitrogens with zero attached hydrogens (tertiary/aromatic N) is 3. The molecule has 1 N–H and O–H groups in total. The third kappa shape index (κ3) is 3.81. The Labute approximate surface area is 138 Å². The van der Waals surface area contributed by atoms with Crippen LogP contribution in [0.15, 0.2) is 29.6 Å². The normalized spacial score (nSPS) is 13.0. The second-order valence-corrected chi connectivity index (χ2v) is 8.03. The van der Waals surface area contributed by atoms with Crippen molar-refractivity contribution in [3.8, 4) is 5.75 Å². The number of phenols is 1. The SMILES string of the molecule is Cc1nccn1N=Cc1cc(C(C)(C)C)c(O)c(C(C)(C)C)c1. The summed E-state index contributed by atoms with van der Waals surface area (Å²) in [5.74, 6) is 1.23. The lowest BCUT2D eigenvalue weighted by atomic mass is 9.78. The van der Waals surface area contributed by atoms with Crippen molar-refractivity contribution < 1.29 is 5.11 Å². The smallest absolute Gasteiger partial charge is 0.126 e. The predicted molar refractivity (Wildman–Crippen MR) is 95.5 cm³/mol. The molecule has 4 nitrogen and oxygen atoms in total. The maximum Gasteiger partial charge on any atom is 0.126 e. The number of rotatable bonds is 2. The molecule has 0 aliphatic rings. The Bertz CT molecular complexity index is 693. The Hall–Kier alpha value is -2.10. The van der Waals surface area contributed by atoms with Crippen LogP contribution in [0.4, 0.5) is 0 Å². The van der Waals surface area contributed by atoms with Crippen molar-refractivity contribution in [2.75, 3.05) is 0 Å². The van der Waals surface area contributed by atoms with E-state index in [4.69, 9.17) is 0 Å². The van der Waals surface area contributed by atoms with Gasteiger partial charge in [0.1, 0.15) is 11.6 Å². The highest BCUT2D eigenvalue weighted by molar-refractivity contribution is 5.81. The molecule has 0 atom stereocenters. The highest BCUT2D eigenvalue weighted by Crippen LogP contribution is 2.39. The van der Waals surface area contributed by atoms with Gasteiger partial charge in [0.25, 0.3) is 0 Å². The number of aromatic hydroxyl groups is 1. The van der Waals surface area contributed by atoms with E-state index in [0.29, 0.717) is 5.75 Å². The molecule has 23 heavy (non-hydrogen) atoms. The number of hydrogen-bond acceptors (Lipinski definition) is 3. The lowest BCUT2D eigenvalue weighted by Crippen LogP contribution is -2.18. The van der Waals surface area contributed by atoms with E-state index < -0.39 is 0 Å². The molecule has 0 unspecified atom stereocenters. The molecule has 0 saturated carbocycles. The third-order valence-electron chi connectivity index (χ3n) is 3.88. The van der Waals surface area contributed by atoms with E-state index >= 15 is 0 Å². The highest BCUT2D eigenvalue weighted by Gasteiger charge is 2.26. The lowest BCUT2D eigenvalue weighted by molar-refractivity contribution is 0.423. The Balaban J connectivity index is 2.56. The number of benzene rings is 1. The number of aryl methyl sites for hydroxylation is 1. The minimum absolute atomic E-state index is 0.140. The molecular weight excluding hydrogens is 286 g/mol. The summed E-state index contributed by atoms with van der Waals surface area (Å²) in [7, 11) is 0. The molecule has 0 bridgehead atoms. The number of hydrogen-bond donors (Lipinski definition) is 1. The van der Waals surface area contributed by atoms with Gasteiger partial charge in [0.15, 0.2) is 0 Å². The van der Waals surface area contributed by atoms with Gasteiger partial charge in [-0.1, -0.05) is 41.5 Å². The molecule has 0 radical (unpaired) electrons. The van der Waals surface area contributed by atoms with Crippen molar-refractivity contribution in [2.45, 2.75) is 59.3 Å². The van der Waals surface area contributed by atoms with Crippen LogP contribution in [0.3, 0.4) is 0 Å². The van der Waals surface area contributed by atoms with Crippen molar-refractivity contribution in [3.05, 3.63) is 47.0 Å². The molecular formula is C19H27N3O. The molecule has 0 aliphatic carbocycles. The molecule has 0 amide bonds. The van der Waals surface area contributed by atoms with Crippen LogP contribution < -0.4 is 0 Å². The number of aromatic nitrogens is 2. The summed E-state index contributed by atoms with van der Waals surface area (Å²) in [6, 6.07) is 4.03. The van der Waals surface area contributed by atoms with Gasteiger partial charge in [-0.15, -0.1) is 0 Å². The molecule has 1 aromatic carbocycles. The summed E-state index contributed by atoms with van der Waals surface area (Å²) in [6.07, 6.45) is 5.37. The monoisotopic (exact) mass is 313 g/mol. The maximum absolute atomic E-state index is 10.7. The molecule has 0 saturated heterocycles. The van der Waals surface area contributed by atoms with Crippen LogP contribution in [0.5, 0.6) is 5.75 Å². The van der Waals surface area contributed by atoms with Gasteiger partial charge in [-0.3, -0.25) is 0 Å². The first kappa shape index (κ1) is 17.3. The van der Waals surface area contributed by atoms with Gasteiger partial charge < -0.3 is 5.11 Å². The summed E-state index contributed by atoms with van der Waals surface area (Å²) in [6.45, 7) is 14.6. The van der Waals surface area contributed by atoms with Crippen LogP contribution in [0, 0.1) is 6.92 Å². The van der Waals surface area contributed by atoms with Crippen LogP contribution in [-0.4, -0.2) is 21.0 Å². The molecule has 2 rings (SSSR count). The predicted octanol–water partition coefficient (Wildman–Crippen LogP) is 4.37. The van der Waals surface area contributed by atoms with Crippen molar-refractivity contribution in [1.82, 2.24) is 9.66 Å². The molecule has 4 heteroatoms. The molecule has 2 aromatic rings. The molecule has 0 fully saturated rings. The van der Waals surface area contributed by atoms with Gasteiger partial charge in [0.05, 0.1) is 6.21 Å². The summed E-state index contributed by atoms with van der Waals surface area (Å²) >= 11 is 0. The topological polar surface area (TPSA) is 50.4 Å². The Morgan fingerprint density at radius 2 is 1.57 bits per heavy atom. The summed E-state index contributed by atoms with van der Waals surface area (Å²) in [4.78, 5) is 4.17. The van der Waals surface area contributed by atoms with E-state index in [1.807, 2.05) is 31.5 Å². The molecule has 1 aromatic heterocycles. The van der Waals surface area contributed by atoms with Gasteiger partial charge in [0, 0.05) is 23.5 Å². The quantitative estimate of drug-likeness (QED) is 0.837. The average molecular weight is 313 g/mol. The van der Waals surface area contributed by atoms with Crippen LogP contribution in [0.2, 0.25) is 0 Å². The van der Waals surface area contributed by atoms with E-state index in [-0.39, 0.29) is 10.8 Å². The fraction of sp³-hybridized carbons (Fsp3) is 0.474. The fourth-order valence-corrected chi connectivity index (χ4v) is 2.50. The molecule has 124 valence electrons. The zero-order valence-corrected chi connectivity index (χ0v) is 15.2. The van der Waals surface area contributed by atoms with Crippen molar-refractivity contribution in [1.29, 1.82) is 0 Å². The Morgan fingerprint density at radius 3 is 1.96 bits per heavy atom. The maximum atomic E-state index is 10.7. The van der Waals surface area contributed by atoms with E-state index in [1.54, 1.807) is 10.9 Å². The zero-order valence-electron chi connectivity index (χ0n) is 15.2. The van der Waals surface area contributed by atoms with Crippen molar-refractivity contribution in [2.24, 2.45) is 5.10 Å². The number of phenolic OH excluding ortho intramolecular Hbond substituents is 1. The van der Waals surface area contributed by atoms with E-state index in [9.17, 15) is 5.11 Å². The van der Waals surface area contributed by atoms with Crippen LogP contribution >= 0.6 is 0 Å². The van der Waals surface area contributed by atoms with Crippen LogP contribution in [0.1, 0.15) is 64.1 Å². The Morgan fingerprint density at radius 1 is 1.04 bits per heavy atom. The fourth-order valence-electron chi connectivity index (χ4n) is 2.50. The molecule has 0 aliphatic heterocycles.